The zero-order chi connectivity index (χ0) is 11.5. The minimum atomic E-state index is 0.536. The van der Waals surface area contributed by atoms with Crippen molar-refractivity contribution in [1.82, 2.24) is 4.98 Å². The molecule has 88 valence electrons. The third-order valence-corrected chi connectivity index (χ3v) is 4.36. The zero-order valence-corrected chi connectivity index (χ0v) is 10.7. The van der Waals surface area contributed by atoms with Gasteiger partial charge >= 0.3 is 0 Å². The van der Waals surface area contributed by atoms with E-state index in [1.807, 2.05) is 30.9 Å². The second-order valence-electron chi connectivity index (χ2n) is 4.40. The summed E-state index contributed by atoms with van der Waals surface area (Å²) in [6, 6.07) is 2.48. The number of aromatic nitrogens is 1. The highest BCUT2D eigenvalue weighted by Gasteiger charge is 2.24. The lowest BCUT2D eigenvalue weighted by Crippen LogP contribution is -2.18. The first-order valence-electron chi connectivity index (χ1n) is 5.71. The number of pyridine rings is 1. The molecule has 0 aliphatic heterocycles. The van der Waals surface area contributed by atoms with Crippen molar-refractivity contribution in [1.29, 1.82) is 0 Å². The molecule has 4 heteroatoms. The first-order chi connectivity index (χ1) is 7.70. The molecule has 3 nitrogen and oxygen atoms in total. The van der Waals surface area contributed by atoms with E-state index < -0.39 is 0 Å². The monoisotopic (exact) mass is 237 g/mol. The molecule has 0 saturated heterocycles. The summed E-state index contributed by atoms with van der Waals surface area (Å²) >= 11 is 1.96. The fourth-order valence-corrected chi connectivity index (χ4v) is 2.96. The Morgan fingerprint density at radius 2 is 2.31 bits per heavy atom. The summed E-state index contributed by atoms with van der Waals surface area (Å²) in [7, 11) is 0. The molecular weight excluding hydrogens is 218 g/mol. The molecule has 1 saturated carbocycles. The van der Waals surface area contributed by atoms with Gasteiger partial charge in [-0.3, -0.25) is 0 Å². The fourth-order valence-electron chi connectivity index (χ4n) is 2.16. The van der Waals surface area contributed by atoms with Crippen LogP contribution in [0, 0.1) is 6.92 Å². The number of aryl methyl sites for hydroxylation is 1. The van der Waals surface area contributed by atoms with Crippen LogP contribution >= 0.6 is 11.8 Å². The van der Waals surface area contributed by atoms with Crippen LogP contribution in [0.2, 0.25) is 0 Å². The second-order valence-corrected chi connectivity index (χ2v) is 5.54. The van der Waals surface area contributed by atoms with Gasteiger partial charge in [0, 0.05) is 17.5 Å². The number of nitrogens with two attached hydrogens (primary N) is 1. The van der Waals surface area contributed by atoms with Crippen molar-refractivity contribution in [2.24, 2.45) is 0 Å². The van der Waals surface area contributed by atoms with Crippen LogP contribution in [0.4, 0.5) is 11.5 Å². The molecule has 3 N–H and O–H groups in total. The van der Waals surface area contributed by atoms with Crippen LogP contribution in [0.3, 0.4) is 0 Å². The van der Waals surface area contributed by atoms with E-state index in [0.717, 1.165) is 22.3 Å². The molecule has 1 aliphatic carbocycles. The smallest absolute Gasteiger partial charge is 0.149 e. The standard InChI is InChI=1S/C12H19N3S/c1-8-5-6-14-12(11(8)13)15-9-3-4-10(7-9)16-2/h5-6,9-10H,3-4,7,13H2,1-2H3,(H,14,15). The molecule has 0 bridgehead atoms. The maximum Gasteiger partial charge on any atom is 0.149 e. The van der Waals surface area contributed by atoms with E-state index in [4.69, 9.17) is 5.73 Å². The number of hydrogen-bond donors (Lipinski definition) is 2. The van der Waals surface area contributed by atoms with Gasteiger partial charge in [-0.1, -0.05) is 0 Å². The lowest BCUT2D eigenvalue weighted by molar-refractivity contribution is 0.752. The molecule has 0 spiro atoms. The Kier molecular flexibility index (Phi) is 3.59. The number of nitrogens with zero attached hydrogens (tertiary/aromatic N) is 1. The van der Waals surface area contributed by atoms with Crippen molar-refractivity contribution < 1.29 is 0 Å². The average Bonchev–Trinajstić information content (AvgIpc) is 2.73. The van der Waals surface area contributed by atoms with Gasteiger partial charge in [-0.2, -0.15) is 11.8 Å². The maximum absolute atomic E-state index is 6.00. The van der Waals surface area contributed by atoms with Gasteiger partial charge in [0.2, 0.25) is 0 Å². The van der Waals surface area contributed by atoms with Crippen molar-refractivity contribution in [3.63, 3.8) is 0 Å². The molecule has 2 rings (SSSR count). The van der Waals surface area contributed by atoms with Crippen LogP contribution < -0.4 is 11.1 Å². The number of anilines is 2. The van der Waals surface area contributed by atoms with E-state index in [1.54, 1.807) is 0 Å². The first-order valence-corrected chi connectivity index (χ1v) is 7.00. The minimum Gasteiger partial charge on any atom is -0.396 e. The van der Waals surface area contributed by atoms with Crippen LogP contribution in [0.25, 0.3) is 0 Å². The molecular formula is C12H19N3S. The van der Waals surface area contributed by atoms with Crippen LogP contribution in [0.1, 0.15) is 24.8 Å². The largest absolute Gasteiger partial charge is 0.396 e. The summed E-state index contributed by atoms with van der Waals surface area (Å²) in [5, 5.41) is 4.26. The molecule has 0 radical (unpaired) electrons. The van der Waals surface area contributed by atoms with Gasteiger partial charge in [-0.25, -0.2) is 4.98 Å². The quantitative estimate of drug-likeness (QED) is 0.848. The lowest BCUT2D eigenvalue weighted by atomic mass is 10.2. The number of thioether (sulfide) groups is 1. The summed E-state index contributed by atoms with van der Waals surface area (Å²) in [5.74, 6) is 0.853. The first kappa shape index (κ1) is 11.6. The molecule has 1 fully saturated rings. The van der Waals surface area contributed by atoms with E-state index in [0.29, 0.717) is 6.04 Å². The van der Waals surface area contributed by atoms with Gasteiger partial charge in [0.05, 0.1) is 5.69 Å². The van der Waals surface area contributed by atoms with Crippen molar-refractivity contribution in [3.05, 3.63) is 17.8 Å². The average molecular weight is 237 g/mol. The topological polar surface area (TPSA) is 50.9 Å². The Hall–Kier alpha value is -0.900. The van der Waals surface area contributed by atoms with Gasteiger partial charge in [0.1, 0.15) is 5.82 Å². The third-order valence-electron chi connectivity index (χ3n) is 3.27. The van der Waals surface area contributed by atoms with E-state index in [1.165, 1.54) is 19.3 Å². The molecule has 1 aromatic heterocycles. The molecule has 2 atom stereocenters. The van der Waals surface area contributed by atoms with Gasteiger partial charge in [0.25, 0.3) is 0 Å². The molecule has 1 heterocycles. The summed E-state index contributed by atoms with van der Waals surface area (Å²) in [6.07, 6.45) is 7.74. The SMILES string of the molecule is CSC1CCC(Nc2nccc(C)c2N)C1. The van der Waals surface area contributed by atoms with Gasteiger partial charge in [0.15, 0.2) is 0 Å². The Labute approximate surface area is 101 Å². The maximum atomic E-state index is 6.00. The van der Waals surface area contributed by atoms with Crippen LogP contribution in [0.15, 0.2) is 12.3 Å². The highest BCUT2D eigenvalue weighted by atomic mass is 32.2. The number of nitrogens with one attached hydrogen (secondary N) is 1. The molecule has 2 unspecified atom stereocenters. The highest BCUT2D eigenvalue weighted by Crippen LogP contribution is 2.31. The van der Waals surface area contributed by atoms with Crippen molar-refractivity contribution >= 4 is 23.3 Å². The van der Waals surface area contributed by atoms with Crippen molar-refractivity contribution in [2.75, 3.05) is 17.3 Å². The predicted octanol–water partition coefficient (Wildman–Crippen LogP) is 2.67. The summed E-state index contributed by atoms with van der Waals surface area (Å²) in [5.41, 5.74) is 7.88. The van der Waals surface area contributed by atoms with Gasteiger partial charge < -0.3 is 11.1 Å². The lowest BCUT2D eigenvalue weighted by Gasteiger charge is -2.15. The third kappa shape index (κ3) is 2.43. The van der Waals surface area contributed by atoms with Gasteiger partial charge in [-0.15, -0.1) is 0 Å². The molecule has 1 aliphatic rings. The number of hydrogen-bond acceptors (Lipinski definition) is 4. The normalized spacial score (nSPS) is 24.6. The van der Waals surface area contributed by atoms with Gasteiger partial charge in [-0.05, 0) is 44.1 Å². The number of nitrogen functional groups attached to an aromatic ring is 1. The minimum absolute atomic E-state index is 0.536. The van der Waals surface area contributed by atoms with E-state index in [2.05, 4.69) is 16.6 Å². The van der Waals surface area contributed by atoms with E-state index >= 15 is 0 Å². The summed E-state index contributed by atoms with van der Waals surface area (Å²) in [6.45, 7) is 2.02. The van der Waals surface area contributed by atoms with E-state index in [-0.39, 0.29) is 0 Å². The molecule has 0 aromatic carbocycles. The second kappa shape index (κ2) is 4.95. The molecule has 16 heavy (non-hydrogen) atoms. The summed E-state index contributed by atoms with van der Waals surface area (Å²) in [4.78, 5) is 4.31. The fraction of sp³-hybridized carbons (Fsp3) is 0.583. The Morgan fingerprint density at radius 1 is 1.50 bits per heavy atom. The Balaban J connectivity index is 2.02. The van der Waals surface area contributed by atoms with Crippen molar-refractivity contribution in [3.8, 4) is 0 Å². The van der Waals surface area contributed by atoms with E-state index in [9.17, 15) is 0 Å². The zero-order valence-electron chi connectivity index (χ0n) is 9.86. The Morgan fingerprint density at radius 3 is 3.00 bits per heavy atom. The highest BCUT2D eigenvalue weighted by molar-refractivity contribution is 7.99. The Bertz CT molecular complexity index is 367. The molecule has 1 aromatic rings. The predicted molar refractivity (Wildman–Crippen MR) is 72.0 cm³/mol. The van der Waals surface area contributed by atoms with Crippen LogP contribution in [-0.2, 0) is 0 Å². The van der Waals surface area contributed by atoms with Crippen LogP contribution in [0.5, 0.6) is 0 Å². The van der Waals surface area contributed by atoms with Crippen molar-refractivity contribution in [2.45, 2.75) is 37.5 Å². The number of rotatable bonds is 3. The van der Waals surface area contributed by atoms with Crippen LogP contribution in [-0.4, -0.2) is 22.5 Å². The summed E-state index contributed by atoms with van der Waals surface area (Å²) < 4.78 is 0. The molecule has 0 amide bonds.